The average Bonchev–Trinajstić information content (AvgIpc) is 3.40. The van der Waals surface area contributed by atoms with Crippen LogP contribution >= 0.6 is 11.3 Å². The van der Waals surface area contributed by atoms with Crippen molar-refractivity contribution in [3.8, 4) is 11.4 Å². The first-order valence-corrected chi connectivity index (χ1v) is 9.96. The van der Waals surface area contributed by atoms with Crippen LogP contribution in [0.3, 0.4) is 0 Å². The van der Waals surface area contributed by atoms with Crippen LogP contribution in [0.2, 0.25) is 0 Å². The minimum Gasteiger partial charge on any atom is -0.369 e. The molecule has 3 aromatic rings. The maximum absolute atomic E-state index is 6.03. The highest BCUT2D eigenvalue weighted by Gasteiger charge is 2.28. The second-order valence-electron chi connectivity index (χ2n) is 6.71. The fourth-order valence-corrected chi connectivity index (χ4v) is 4.56. The van der Waals surface area contributed by atoms with Crippen LogP contribution in [0.5, 0.6) is 0 Å². The van der Waals surface area contributed by atoms with Gasteiger partial charge in [-0.2, -0.15) is 0 Å². The highest BCUT2D eigenvalue weighted by Crippen LogP contribution is 2.34. The Hall–Kier alpha value is -2.31. The number of anilines is 1. The van der Waals surface area contributed by atoms with Crippen molar-refractivity contribution in [2.45, 2.75) is 25.4 Å². The zero-order valence-corrected chi connectivity index (χ0v) is 15.3. The van der Waals surface area contributed by atoms with Gasteiger partial charge in [-0.15, -0.1) is 11.3 Å². The van der Waals surface area contributed by atoms with Gasteiger partial charge in [-0.3, -0.25) is 4.98 Å². The van der Waals surface area contributed by atoms with Gasteiger partial charge in [-0.25, -0.2) is 9.97 Å². The first kappa shape index (κ1) is 15.9. The fourth-order valence-electron chi connectivity index (χ4n) is 3.79. The summed E-state index contributed by atoms with van der Waals surface area (Å²) in [5.74, 6) is 1.91. The van der Waals surface area contributed by atoms with E-state index in [2.05, 4.69) is 27.4 Å². The molecule has 3 aromatic heterocycles. The van der Waals surface area contributed by atoms with Gasteiger partial charge >= 0.3 is 0 Å². The summed E-state index contributed by atoms with van der Waals surface area (Å²) < 4.78 is 6.03. The zero-order valence-electron chi connectivity index (χ0n) is 14.5. The lowest BCUT2D eigenvalue weighted by molar-refractivity contribution is 0.0418. The predicted octanol–water partition coefficient (Wildman–Crippen LogP) is 3.67. The minimum absolute atomic E-state index is 0.125. The Morgan fingerprint density at radius 2 is 2.04 bits per heavy atom. The van der Waals surface area contributed by atoms with Gasteiger partial charge in [-0.05, 0) is 42.8 Å². The van der Waals surface area contributed by atoms with Gasteiger partial charge in [0.05, 0.1) is 13.2 Å². The Bertz CT molecular complexity index is 898. The number of hydrogen-bond donors (Lipinski definition) is 0. The van der Waals surface area contributed by atoms with Crippen molar-refractivity contribution in [2.75, 3.05) is 24.6 Å². The van der Waals surface area contributed by atoms with E-state index in [1.54, 1.807) is 23.7 Å². The van der Waals surface area contributed by atoms with E-state index in [0.29, 0.717) is 0 Å². The Balaban J connectivity index is 1.52. The van der Waals surface area contributed by atoms with E-state index in [9.17, 15) is 0 Å². The molecular formula is C20H20N4OS. The quantitative estimate of drug-likeness (QED) is 0.710. The molecule has 1 atom stereocenters. The monoisotopic (exact) mass is 364 g/mol. The molecular weight excluding hydrogens is 344 g/mol. The Morgan fingerprint density at radius 3 is 2.88 bits per heavy atom. The minimum atomic E-state index is 0.125. The molecule has 1 saturated heterocycles. The summed E-state index contributed by atoms with van der Waals surface area (Å²) in [6.07, 6.45) is 7.00. The van der Waals surface area contributed by atoms with Crippen LogP contribution in [-0.4, -0.2) is 34.6 Å². The molecule has 0 spiro atoms. The third-order valence-electron chi connectivity index (χ3n) is 5.08. The predicted molar refractivity (Wildman–Crippen MR) is 103 cm³/mol. The highest BCUT2D eigenvalue weighted by molar-refractivity contribution is 7.10. The highest BCUT2D eigenvalue weighted by atomic mass is 32.1. The molecule has 5 nitrogen and oxygen atoms in total. The lowest BCUT2D eigenvalue weighted by atomic mass is 10.1. The maximum Gasteiger partial charge on any atom is 0.161 e. The van der Waals surface area contributed by atoms with E-state index in [1.165, 1.54) is 16.1 Å². The van der Waals surface area contributed by atoms with Gasteiger partial charge in [0.2, 0.25) is 0 Å². The summed E-state index contributed by atoms with van der Waals surface area (Å²) in [7, 11) is 0. The summed E-state index contributed by atoms with van der Waals surface area (Å²) in [6, 6.07) is 8.21. The van der Waals surface area contributed by atoms with Crippen molar-refractivity contribution in [3.63, 3.8) is 0 Å². The molecule has 1 fully saturated rings. The lowest BCUT2D eigenvalue weighted by Gasteiger charge is -2.34. The summed E-state index contributed by atoms with van der Waals surface area (Å²) in [5.41, 5.74) is 3.56. The SMILES string of the molecule is c1csc(C2CN(c3nc(-c4ccncc4)nc4c3CCC4)CCO2)c1. The molecule has 0 amide bonds. The molecule has 0 aromatic carbocycles. The van der Waals surface area contributed by atoms with Crippen LogP contribution < -0.4 is 4.90 Å². The number of rotatable bonds is 3. The van der Waals surface area contributed by atoms with Crippen LogP contribution in [0.15, 0.2) is 42.0 Å². The molecule has 0 radical (unpaired) electrons. The largest absolute Gasteiger partial charge is 0.369 e. The van der Waals surface area contributed by atoms with Gasteiger partial charge in [0, 0.05) is 40.6 Å². The van der Waals surface area contributed by atoms with Crippen LogP contribution in [0, 0.1) is 0 Å². The van der Waals surface area contributed by atoms with Crippen LogP contribution in [0.25, 0.3) is 11.4 Å². The van der Waals surface area contributed by atoms with E-state index in [4.69, 9.17) is 14.7 Å². The van der Waals surface area contributed by atoms with E-state index < -0.39 is 0 Å². The maximum atomic E-state index is 6.03. The first-order chi connectivity index (χ1) is 12.9. The van der Waals surface area contributed by atoms with Crippen LogP contribution in [-0.2, 0) is 17.6 Å². The Morgan fingerprint density at radius 1 is 1.12 bits per heavy atom. The summed E-state index contributed by atoms with van der Waals surface area (Å²) in [5, 5.41) is 2.11. The normalized spacial score (nSPS) is 19.5. The first-order valence-electron chi connectivity index (χ1n) is 9.08. The molecule has 132 valence electrons. The van der Waals surface area contributed by atoms with Gasteiger partial charge < -0.3 is 9.64 Å². The van der Waals surface area contributed by atoms with Gasteiger partial charge in [0.1, 0.15) is 11.9 Å². The van der Waals surface area contributed by atoms with Crippen molar-refractivity contribution in [2.24, 2.45) is 0 Å². The van der Waals surface area contributed by atoms with E-state index in [-0.39, 0.29) is 6.10 Å². The molecule has 0 saturated carbocycles. The number of ether oxygens (including phenoxy) is 1. The molecule has 0 bridgehead atoms. The summed E-state index contributed by atoms with van der Waals surface area (Å²) in [6.45, 7) is 2.45. The fraction of sp³-hybridized carbons (Fsp3) is 0.350. The number of aromatic nitrogens is 3. The van der Waals surface area contributed by atoms with Crippen LogP contribution in [0.4, 0.5) is 5.82 Å². The van der Waals surface area contributed by atoms with Gasteiger partial charge in [-0.1, -0.05) is 6.07 Å². The van der Waals surface area contributed by atoms with Gasteiger partial charge in [0.15, 0.2) is 5.82 Å². The average molecular weight is 364 g/mol. The van der Waals surface area contributed by atoms with Crippen molar-refractivity contribution in [1.82, 2.24) is 15.0 Å². The van der Waals surface area contributed by atoms with Crippen molar-refractivity contribution >= 4 is 17.2 Å². The van der Waals surface area contributed by atoms with E-state index in [1.807, 2.05) is 12.1 Å². The second kappa shape index (κ2) is 6.78. The number of morpholine rings is 1. The number of pyridine rings is 1. The molecule has 1 unspecified atom stereocenters. The number of thiophene rings is 1. The molecule has 1 aliphatic carbocycles. The molecule has 1 aliphatic heterocycles. The number of fused-ring (bicyclic) bond motifs is 1. The number of aryl methyl sites for hydroxylation is 1. The topological polar surface area (TPSA) is 51.1 Å². The van der Waals surface area contributed by atoms with E-state index in [0.717, 1.165) is 56.2 Å². The Kier molecular flexibility index (Phi) is 4.15. The number of nitrogens with zero attached hydrogens (tertiary/aromatic N) is 4. The smallest absolute Gasteiger partial charge is 0.161 e. The molecule has 2 aliphatic rings. The Labute approximate surface area is 156 Å². The molecule has 0 N–H and O–H groups in total. The van der Waals surface area contributed by atoms with Crippen LogP contribution in [0.1, 0.15) is 28.7 Å². The third kappa shape index (κ3) is 2.89. The lowest BCUT2D eigenvalue weighted by Crippen LogP contribution is -2.39. The molecule has 26 heavy (non-hydrogen) atoms. The third-order valence-corrected chi connectivity index (χ3v) is 6.04. The zero-order chi connectivity index (χ0) is 17.3. The van der Waals surface area contributed by atoms with Gasteiger partial charge in [0.25, 0.3) is 0 Å². The molecule has 4 heterocycles. The van der Waals surface area contributed by atoms with E-state index >= 15 is 0 Å². The molecule has 6 heteroatoms. The van der Waals surface area contributed by atoms with Crippen molar-refractivity contribution in [3.05, 3.63) is 58.2 Å². The standard InChI is InChI=1S/C20H20N4OS/c1-3-15-16(4-1)22-19(14-6-8-21-9-7-14)23-20(15)24-10-11-25-17(13-24)18-5-2-12-26-18/h2,5-9,12,17H,1,3-4,10-11,13H2. The summed E-state index contributed by atoms with van der Waals surface area (Å²) >= 11 is 1.76. The summed E-state index contributed by atoms with van der Waals surface area (Å²) in [4.78, 5) is 17.6. The molecule has 5 rings (SSSR count). The van der Waals surface area contributed by atoms with Crippen molar-refractivity contribution in [1.29, 1.82) is 0 Å². The van der Waals surface area contributed by atoms with Crippen molar-refractivity contribution < 1.29 is 4.74 Å². The number of hydrogen-bond acceptors (Lipinski definition) is 6. The second-order valence-corrected chi connectivity index (χ2v) is 7.69.